The molecule has 1 saturated heterocycles. The quantitative estimate of drug-likeness (QED) is 0.627. The van der Waals surface area contributed by atoms with Gasteiger partial charge >= 0.3 is 0 Å². The summed E-state index contributed by atoms with van der Waals surface area (Å²) in [5.74, 6) is 2.46. The SMILES string of the molecule is COc1ccc(CN2CC3C(c4ccc(F)cc4)NNC3c3cc4c(cc32)OCCO4)cc1. The molecular weight excluding hydrogens is 421 g/mol. The van der Waals surface area contributed by atoms with E-state index in [1.165, 1.54) is 23.3 Å². The van der Waals surface area contributed by atoms with Crippen LogP contribution in [0.2, 0.25) is 0 Å². The van der Waals surface area contributed by atoms with Crippen molar-refractivity contribution in [3.8, 4) is 17.2 Å². The van der Waals surface area contributed by atoms with Crippen molar-refractivity contribution in [3.63, 3.8) is 0 Å². The van der Waals surface area contributed by atoms with Crippen LogP contribution in [0.3, 0.4) is 0 Å². The first kappa shape index (κ1) is 20.3. The normalized spacial score (nSPS) is 23.1. The summed E-state index contributed by atoms with van der Waals surface area (Å²) in [5, 5.41) is 0. The number of methoxy groups -OCH3 is 1. The van der Waals surface area contributed by atoms with Crippen LogP contribution in [0, 0.1) is 11.7 Å². The first-order valence-electron chi connectivity index (χ1n) is 11.3. The van der Waals surface area contributed by atoms with Crippen molar-refractivity contribution in [3.05, 3.63) is 83.2 Å². The molecule has 3 atom stereocenters. The van der Waals surface area contributed by atoms with Crippen LogP contribution in [0.15, 0.2) is 60.7 Å². The molecule has 3 aliphatic rings. The van der Waals surface area contributed by atoms with Gasteiger partial charge in [0.25, 0.3) is 0 Å². The van der Waals surface area contributed by atoms with Crippen LogP contribution in [-0.2, 0) is 6.54 Å². The summed E-state index contributed by atoms with van der Waals surface area (Å²) < 4.78 is 30.6. The van der Waals surface area contributed by atoms with E-state index in [9.17, 15) is 4.39 Å². The van der Waals surface area contributed by atoms with Crippen LogP contribution in [0.25, 0.3) is 0 Å². The van der Waals surface area contributed by atoms with Crippen LogP contribution >= 0.6 is 0 Å². The fraction of sp³-hybridized carbons (Fsp3) is 0.308. The number of nitrogens with one attached hydrogen (secondary N) is 2. The van der Waals surface area contributed by atoms with Crippen LogP contribution in [0.5, 0.6) is 17.2 Å². The van der Waals surface area contributed by atoms with Gasteiger partial charge in [-0.05, 0) is 47.0 Å². The van der Waals surface area contributed by atoms with Crippen molar-refractivity contribution < 1.29 is 18.6 Å². The molecule has 0 saturated carbocycles. The Kier molecular flexibility index (Phi) is 5.08. The number of halogens is 1. The minimum atomic E-state index is -0.222. The summed E-state index contributed by atoms with van der Waals surface area (Å²) >= 11 is 0. The highest BCUT2D eigenvalue weighted by Gasteiger charge is 2.44. The van der Waals surface area contributed by atoms with Crippen molar-refractivity contribution in [1.82, 2.24) is 10.9 Å². The molecule has 0 amide bonds. The number of rotatable bonds is 4. The lowest BCUT2D eigenvalue weighted by Gasteiger charge is -2.40. The van der Waals surface area contributed by atoms with Crippen LogP contribution < -0.4 is 30.0 Å². The second-order valence-electron chi connectivity index (χ2n) is 8.74. The average molecular weight is 448 g/mol. The van der Waals surface area contributed by atoms with E-state index in [1.807, 2.05) is 24.3 Å². The average Bonchev–Trinajstić information content (AvgIpc) is 3.28. The van der Waals surface area contributed by atoms with Gasteiger partial charge in [-0.3, -0.25) is 0 Å². The van der Waals surface area contributed by atoms with Gasteiger partial charge in [0.05, 0.1) is 19.2 Å². The lowest BCUT2D eigenvalue weighted by Crippen LogP contribution is -2.39. The van der Waals surface area contributed by atoms with Gasteiger partial charge in [0.15, 0.2) is 11.5 Å². The Morgan fingerprint density at radius 1 is 0.939 bits per heavy atom. The minimum Gasteiger partial charge on any atom is -0.497 e. The third-order valence-electron chi connectivity index (χ3n) is 6.81. The molecule has 170 valence electrons. The number of ether oxygens (including phenoxy) is 3. The summed E-state index contributed by atoms with van der Waals surface area (Å²) in [6, 6.07) is 19.4. The van der Waals surface area contributed by atoms with Gasteiger partial charge in [0.1, 0.15) is 24.8 Å². The van der Waals surface area contributed by atoms with E-state index in [-0.39, 0.29) is 23.8 Å². The number of hydrazine groups is 1. The van der Waals surface area contributed by atoms with Crippen LogP contribution in [-0.4, -0.2) is 26.9 Å². The second-order valence-corrected chi connectivity index (χ2v) is 8.74. The maximum atomic E-state index is 13.5. The van der Waals surface area contributed by atoms with Gasteiger partial charge in [-0.15, -0.1) is 0 Å². The molecule has 33 heavy (non-hydrogen) atoms. The molecule has 3 heterocycles. The van der Waals surface area contributed by atoms with E-state index in [4.69, 9.17) is 14.2 Å². The minimum absolute atomic E-state index is 0.0651. The van der Waals surface area contributed by atoms with Crippen LogP contribution in [0.1, 0.15) is 28.8 Å². The maximum absolute atomic E-state index is 13.5. The van der Waals surface area contributed by atoms with Crippen LogP contribution in [0.4, 0.5) is 10.1 Å². The molecule has 6 nitrogen and oxygen atoms in total. The molecule has 0 spiro atoms. The fourth-order valence-corrected chi connectivity index (χ4v) is 5.18. The molecule has 0 aromatic heterocycles. The van der Waals surface area contributed by atoms with E-state index in [2.05, 4.69) is 40.0 Å². The predicted molar refractivity (Wildman–Crippen MR) is 123 cm³/mol. The summed E-state index contributed by atoms with van der Waals surface area (Å²) in [6.07, 6.45) is 0. The molecule has 3 aromatic rings. The smallest absolute Gasteiger partial charge is 0.163 e. The Morgan fingerprint density at radius 2 is 1.64 bits per heavy atom. The summed E-state index contributed by atoms with van der Waals surface area (Å²) in [4.78, 5) is 2.40. The topological polar surface area (TPSA) is 55.0 Å². The van der Waals surface area contributed by atoms with Crippen molar-refractivity contribution in [1.29, 1.82) is 0 Å². The molecule has 6 rings (SSSR count). The van der Waals surface area contributed by atoms with E-state index in [0.29, 0.717) is 13.2 Å². The van der Waals surface area contributed by atoms with Gasteiger partial charge in [0, 0.05) is 30.8 Å². The van der Waals surface area contributed by atoms with Gasteiger partial charge in [-0.1, -0.05) is 24.3 Å². The Morgan fingerprint density at radius 3 is 2.36 bits per heavy atom. The number of hydrogen-bond donors (Lipinski definition) is 2. The molecule has 3 unspecified atom stereocenters. The molecule has 3 aromatic carbocycles. The monoisotopic (exact) mass is 447 g/mol. The Labute approximate surface area is 192 Å². The predicted octanol–water partition coefficient (Wildman–Crippen LogP) is 4.13. The number of fused-ring (bicyclic) bond motifs is 4. The fourth-order valence-electron chi connectivity index (χ4n) is 5.18. The first-order chi connectivity index (χ1) is 16.2. The Bertz CT molecular complexity index is 1150. The molecular formula is C26H26FN3O3. The van der Waals surface area contributed by atoms with Gasteiger partial charge in [-0.2, -0.15) is 0 Å². The van der Waals surface area contributed by atoms with E-state index >= 15 is 0 Å². The number of anilines is 1. The molecule has 3 aliphatic heterocycles. The molecule has 1 fully saturated rings. The summed E-state index contributed by atoms with van der Waals surface area (Å²) in [6.45, 7) is 2.71. The molecule has 0 radical (unpaired) electrons. The zero-order chi connectivity index (χ0) is 22.4. The molecule has 7 heteroatoms. The Hall–Kier alpha value is -3.29. The third kappa shape index (κ3) is 3.67. The summed E-state index contributed by atoms with van der Waals surface area (Å²) in [5.41, 5.74) is 11.6. The summed E-state index contributed by atoms with van der Waals surface area (Å²) in [7, 11) is 1.68. The maximum Gasteiger partial charge on any atom is 0.163 e. The zero-order valence-electron chi connectivity index (χ0n) is 18.4. The number of hydrogen-bond acceptors (Lipinski definition) is 6. The molecule has 2 N–H and O–H groups in total. The third-order valence-corrected chi connectivity index (χ3v) is 6.81. The van der Waals surface area contributed by atoms with Crippen molar-refractivity contribution >= 4 is 5.69 Å². The number of benzene rings is 3. The lowest BCUT2D eigenvalue weighted by molar-refractivity contribution is 0.171. The van der Waals surface area contributed by atoms with Gasteiger partial charge in [0.2, 0.25) is 0 Å². The van der Waals surface area contributed by atoms with Gasteiger partial charge < -0.3 is 19.1 Å². The highest BCUT2D eigenvalue weighted by molar-refractivity contribution is 5.65. The zero-order valence-corrected chi connectivity index (χ0v) is 18.4. The number of nitrogens with zero attached hydrogens (tertiary/aromatic N) is 1. The highest BCUT2D eigenvalue weighted by atomic mass is 19.1. The van der Waals surface area contributed by atoms with E-state index in [0.717, 1.165) is 41.6 Å². The second kappa shape index (κ2) is 8.24. The molecule has 0 bridgehead atoms. The Balaban J connectivity index is 1.38. The highest BCUT2D eigenvalue weighted by Crippen LogP contribution is 2.49. The lowest BCUT2D eigenvalue weighted by atomic mass is 9.81. The molecule has 0 aliphatic carbocycles. The van der Waals surface area contributed by atoms with Gasteiger partial charge in [-0.25, -0.2) is 15.2 Å². The van der Waals surface area contributed by atoms with Crippen molar-refractivity contribution in [2.24, 2.45) is 5.92 Å². The van der Waals surface area contributed by atoms with Crippen molar-refractivity contribution in [2.75, 3.05) is 31.8 Å². The van der Waals surface area contributed by atoms with E-state index in [1.54, 1.807) is 7.11 Å². The standard InChI is InChI=1S/C26H26FN3O3/c1-31-19-8-2-16(3-9-19)14-30-15-21-25(17-4-6-18(27)7-5-17)28-29-26(21)20-12-23-24(13-22(20)30)33-11-10-32-23/h2-9,12-13,21,25-26,28-29H,10-11,14-15H2,1H3. The first-order valence-corrected chi connectivity index (χ1v) is 11.3. The largest absolute Gasteiger partial charge is 0.497 e. The van der Waals surface area contributed by atoms with Crippen molar-refractivity contribution in [2.45, 2.75) is 18.6 Å². The van der Waals surface area contributed by atoms with E-state index < -0.39 is 0 Å².